The molecule has 3 nitrogen and oxygen atoms in total. The van der Waals surface area contributed by atoms with E-state index in [0.29, 0.717) is 24.6 Å². The first-order valence-corrected chi connectivity index (χ1v) is 6.07. The van der Waals surface area contributed by atoms with E-state index in [1.165, 1.54) is 11.3 Å². The normalized spacial score (nSPS) is 9.75. The van der Waals surface area contributed by atoms with Gasteiger partial charge in [0.1, 0.15) is 0 Å². The van der Waals surface area contributed by atoms with Crippen molar-refractivity contribution in [2.24, 2.45) is 11.7 Å². The van der Waals surface area contributed by atoms with Gasteiger partial charge in [0.2, 0.25) is 0 Å². The van der Waals surface area contributed by atoms with Crippen molar-refractivity contribution in [3.8, 4) is 11.8 Å². The summed E-state index contributed by atoms with van der Waals surface area (Å²) in [6.45, 7) is 5.16. The molecule has 3 N–H and O–H groups in total. The summed E-state index contributed by atoms with van der Waals surface area (Å²) in [6.07, 6.45) is 0. The molecule has 0 aliphatic carbocycles. The van der Waals surface area contributed by atoms with Gasteiger partial charge in [0.25, 0.3) is 5.91 Å². The number of nitrogens with one attached hydrogen (secondary N) is 1. The highest BCUT2D eigenvalue weighted by atomic mass is 32.1. The second-order valence-corrected chi connectivity index (χ2v) is 4.72. The highest BCUT2D eigenvalue weighted by Crippen LogP contribution is 2.13. The van der Waals surface area contributed by atoms with E-state index in [2.05, 4.69) is 31.0 Å². The molecule has 0 radical (unpaired) electrons. The fraction of sp³-hybridized carbons (Fsp3) is 0.417. The first kappa shape index (κ1) is 12.8. The molecule has 4 heteroatoms. The van der Waals surface area contributed by atoms with Crippen molar-refractivity contribution >= 4 is 17.2 Å². The van der Waals surface area contributed by atoms with Gasteiger partial charge in [0, 0.05) is 11.9 Å². The van der Waals surface area contributed by atoms with Crippen LogP contribution in [0.15, 0.2) is 11.4 Å². The van der Waals surface area contributed by atoms with Crippen LogP contribution in [0.2, 0.25) is 0 Å². The molecule has 1 heterocycles. The summed E-state index contributed by atoms with van der Waals surface area (Å²) < 4.78 is 0. The molecule has 0 spiro atoms. The molecule has 16 heavy (non-hydrogen) atoms. The Balaban J connectivity index is 2.60. The number of nitrogens with two attached hydrogens (primary N) is 1. The SMILES string of the molecule is CC(C)CNC(=O)c1csc(C#CCN)c1. The van der Waals surface area contributed by atoms with Crippen LogP contribution in [0.5, 0.6) is 0 Å². The number of carbonyl (C=O) groups excluding carboxylic acids is 1. The minimum Gasteiger partial charge on any atom is -0.352 e. The Bertz CT molecular complexity index is 412. The minimum atomic E-state index is -0.0363. The molecule has 86 valence electrons. The van der Waals surface area contributed by atoms with Gasteiger partial charge in [-0.15, -0.1) is 11.3 Å². The van der Waals surface area contributed by atoms with Crippen molar-refractivity contribution in [2.75, 3.05) is 13.1 Å². The summed E-state index contributed by atoms with van der Waals surface area (Å²) in [4.78, 5) is 12.5. The standard InChI is InChI=1S/C12H16N2OS/c1-9(2)7-14-12(15)10-6-11(16-8-10)4-3-5-13/h6,8-9H,5,7,13H2,1-2H3,(H,14,15). The molecule has 1 amide bonds. The summed E-state index contributed by atoms with van der Waals surface area (Å²) in [5, 5.41) is 4.68. The predicted octanol–water partition coefficient (Wildman–Crippen LogP) is 1.44. The van der Waals surface area contributed by atoms with Gasteiger partial charge in [0.15, 0.2) is 0 Å². The zero-order chi connectivity index (χ0) is 12.0. The van der Waals surface area contributed by atoms with E-state index in [9.17, 15) is 4.79 Å². The Labute approximate surface area is 100 Å². The molecule has 0 aromatic carbocycles. The quantitative estimate of drug-likeness (QED) is 0.780. The van der Waals surface area contributed by atoms with E-state index < -0.39 is 0 Å². The smallest absolute Gasteiger partial charge is 0.252 e. The second-order valence-electron chi connectivity index (χ2n) is 3.81. The summed E-state index contributed by atoms with van der Waals surface area (Å²) in [7, 11) is 0. The minimum absolute atomic E-state index is 0.0363. The van der Waals surface area contributed by atoms with Crippen molar-refractivity contribution in [1.82, 2.24) is 5.32 Å². The van der Waals surface area contributed by atoms with E-state index >= 15 is 0 Å². The van der Waals surface area contributed by atoms with Gasteiger partial charge >= 0.3 is 0 Å². The molecule has 1 rings (SSSR count). The van der Waals surface area contributed by atoms with Crippen LogP contribution in [0.4, 0.5) is 0 Å². The molecule has 0 aliphatic rings. The van der Waals surface area contributed by atoms with Crippen molar-refractivity contribution in [3.05, 3.63) is 21.9 Å². The molecule has 0 atom stereocenters. The fourth-order valence-electron chi connectivity index (χ4n) is 1.06. The van der Waals surface area contributed by atoms with Gasteiger partial charge in [-0.05, 0) is 12.0 Å². The van der Waals surface area contributed by atoms with Gasteiger partial charge in [-0.25, -0.2) is 0 Å². The monoisotopic (exact) mass is 236 g/mol. The number of hydrogen-bond acceptors (Lipinski definition) is 3. The third-order valence-corrected chi connectivity index (χ3v) is 2.69. The molecular weight excluding hydrogens is 220 g/mol. The number of amides is 1. The maximum absolute atomic E-state index is 11.7. The first-order valence-electron chi connectivity index (χ1n) is 5.19. The fourth-order valence-corrected chi connectivity index (χ4v) is 1.81. The first-order chi connectivity index (χ1) is 7.63. The van der Waals surface area contributed by atoms with Gasteiger partial charge < -0.3 is 11.1 Å². The van der Waals surface area contributed by atoms with Crippen molar-refractivity contribution < 1.29 is 4.79 Å². The zero-order valence-electron chi connectivity index (χ0n) is 9.54. The van der Waals surface area contributed by atoms with Crippen LogP contribution in [-0.2, 0) is 0 Å². The molecule has 1 aromatic rings. The van der Waals surface area contributed by atoms with Crippen LogP contribution < -0.4 is 11.1 Å². The molecular formula is C12H16N2OS. The highest BCUT2D eigenvalue weighted by molar-refractivity contribution is 7.10. The average Bonchev–Trinajstić information content (AvgIpc) is 2.71. The molecule has 0 bridgehead atoms. The molecule has 0 saturated heterocycles. The predicted molar refractivity (Wildman–Crippen MR) is 67.4 cm³/mol. The zero-order valence-corrected chi connectivity index (χ0v) is 10.4. The Morgan fingerprint density at radius 1 is 1.62 bits per heavy atom. The third kappa shape index (κ3) is 4.05. The maximum Gasteiger partial charge on any atom is 0.252 e. The van der Waals surface area contributed by atoms with E-state index in [1.54, 1.807) is 6.07 Å². The third-order valence-electron chi connectivity index (χ3n) is 1.85. The Morgan fingerprint density at radius 3 is 3.00 bits per heavy atom. The second kappa shape index (κ2) is 6.31. The summed E-state index contributed by atoms with van der Waals surface area (Å²) in [5.41, 5.74) is 5.95. The van der Waals surface area contributed by atoms with Crippen LogP contribution in [0.1, 0.15) is 29.1 Å². The highest BCUT2D eigenvalue weighted by Gasteiger charge is 2.07. The summed E-state index contributed by atoms with van der Waals surface area (Å²) in [6, 6.07) is 1.79. The summed E-state index contributed by atoms with van der Waals surface area (Å²) >= 11 is 1.46. The van der Waals surface area contributed by atoms with Crippen LogP contribution in [0.25, 0.3) is 0 Å². The van der Waals surface area contributed by atoms with Crippen LogP contribution in [0, 0.1) is 17.8 Å². The lowest BCUT2D eigenvalue weighted by Gasteiger charge is -2.05. The van der Waals surface area contributed by atoms with Gasteiger partial charge in [-0.2, -0.15) is 0 Å². The van der Waals surface area contributed by atoms with Gasteiger partial charge in [-0.3, -0.25) is 4.79 Å². The Hall–Kier alpha value is -1.31. The van der Waals surface area contributed by atoms with E-state index in [0.717, 1.165) is 4.88 Å². The van der Waals surface area contributed by atoms with E-state index in [1.807, 2.05) is 5.38 Å². The topological polar surface area (TPSA) is 55.1 Å². The van der Waals surface area contributed by atoms with Gasteiger partial charge in [-0.1, -0.05) is 25.7 Å². The number of rotatable bonds is 3. The molecule has 1 aromatic heterocycles. The lowest BCUT2D eigenvalue weighted by atomic mass is 10.2. The molecule has 0 aliphatic heterocycles. The van der Waals surface area contributed by atoms with Crippen LogP contribution in [-0.4, -0.2) is 19.0 Å². The summed E-state index contributed by atoms with van der Waals surface area (Å²) in [5.74, 6) is 6.09. The number of thiophene rings is 1. The lowest BCUT2D eigenvalue weighted by molar-refractivity contribution is 0.0949. The van der Waals surface area contributed by atoms with Crippen molar-refractivity contribution in [3.63, 3.8) is 0 Å². The van der Waals surface area contributed by atoms with Crippen molar-refractivity contribution in [1.29, 1.82) is 0 Å². The molecule has 0 unspecified atom stereocenters. The Kier molecular flexibility index (Phi) is 5.03. The van der Waals surface area contributed by atoms with Crippen LogP contribution >= 0.6 is 11.3 Å². The number of hydrogen-bond donors (Lipinski definition) is 2. The van der Waals surface area contributed by atoms with Gasteiger partial charge in [0.05, 0.1) is 17.0 Å². The van der Waals surface area contributed by atoms with E-state index in [4.69, 9.17) is 5.73 Å². The van der Waals surface area contributed by atoms with Crippen LogP contribution in [0.3, 0.4) is 0 Å². The van der Waals surface area contributed by atoms with Crippen molar-refractivity contribution in [2.45, 2.75) is 13.8 Å². The average molecular weight is 236 g/mol. The Morgan fingerprint density at radius 2 is 2.38 bits per heavy atom. The number of carbonyl (C=O) groups is 1. The largest absolute Gasteiger partial charge is 0.352 e. The lowest BCUT2D eigenvalue weighted by Crippen LogP contribution is -2.26. The maximum atomic E-state index is 11.7. The van der Waals surface area contributed by atoms with E-state index in [-0.39, 0.29) is 5.91 Å². The molecule has 0 fully saturated rings. The molecule has 0 saturated carbocycles.